The molecule has 0 aromatic heterocycles. The Kier molecular flexibility index (Phi) is 11.9. The summed E-state index contributed by atoms with van der Waals surface area (Å²) in [5.41, 5.74) is 2.85. The number of phenolic OH excluding ortho intramolecular Hbond substituents is 1. The van der Waals surface area contributed by atoms with Crippen LogP contribution in [0, 0.1) is 28.9 Å². The van der Waals surface area contributed by atoms with Gasteiger partial charge in [-0.1, -0.05) is 0 Å². The minimum absolute atomic E-state index is 0.0574. The van der Waals surface area contributed by atoms with Crippen LogP contribution in [0.2, 0.25) is 0 Å². The first-order valence-electron chi connectivity index (χ1n) is 23.5. The van der Waals surface area contributed by atoms with Crippen molar-refractivity contribution >= 4 is 40.7 Å². The third-order valence-electron chi connectivity index (χ3n) is 15.5. The van der Waals surface area contributed by atoms with Crippen LogP contribution < -0.4 is 24.8 Å². The Hall–Kier alpha value is -5.32. The summed E-state index contributed by atoms with van der Waals surface area (Å²) in [6.45, 7) is 10.8. The van der Waals surface area contributed by atoms with Gasteiger partial charge in [-0.15, -0.1) is 0 Å². The summed E-state index contributed by atoms with van der Waals surface area (Å²) in [7, 11) is 1.54. The summed E-state index contributed by atoms with van der Waals surface area (Å²) >= 11 is 0. The molecule has 1 unspecified atom stereocenters. The molecule has 0 radical (unpaired) electrons. The molecule has 3 aromatic rings. The Morgan fingerprint density at radius 2 is 1.45 bits per heavy atom. The maximum absolute atomic E-state index is 16.3. The lowest BCUT2D eigenvalue weighted by Gasteiger charge is -2.57. The number of aromatic hydroxyl groups is 1. The van der Waals surface area contributed by atoms with Gasteiger partial charge < -0.3 is 39.1 Å². The molecule has 0 saturated carbocycles. The number of phenols is 1. The first kappa shape index (κ1) is 43.6. The maximum atomic E-state index is 16.3. The highest BCUT2D eigenvalue weighted by atomic mass is 19.1. The zero-order valence-electron chi connectivity index (χ0n) is 37.1. The summed E-state index contributed by atoms with van der Waals surface area (Å²) in [5.74, 6) is -0.646. The molecular weight excluding hydrogens is 837 g/mol. The number of ether oxygens (including phenoxy) is 2. The minimum Gasteiger partial charge on any atom is -0.506 e. The highest BCUT2D eigenvalue weighted by Crippen LogP contribution is 2.60. The van der Waals surface area contributed by atoms with Crippen molar-refractivity contribution in [2.45, 2.75) is 70.0 Å². The molecule has 2 N–H and O–H groups in total. The number of nitrogens with one attached hydrogen (secondary N) is 1. The van der Waals surface area contributed by atoms with E-state index in [2.05, 4.69) is 31.0 Å². The molecule has 0 aliphatic carbocycles. The number of imide groups is 1. The third kappa shape index (κ3) is 8.19. The smallest absolute Gasteiger partial charge is 0.255 e. The second-order valence-corrected chi connectivity index (χ2v) is 19.2. The van der Waals surface area contributed by atoms with Crippen LogP contribution >= 0.6 is 0 Å². The van der Waals surface area contributed by atoms with E-state index in [0.717, 1.165) is 115 Å². The second-order valence-electron chi connectivity index (χ2n) is 19.2. The number of fused-ring (bicyclic) bond motifs is 1. The van der Waals surface area contributed by atoms with E-state index in [-0.39, 0.29) is 41.5 Å². The monoisotopic (exact) mass is 895 g/mol. The topological polar surface area (TPSA) is 138 Å². The molecule has 7 heterocycles. The number of hydrogen-bond acceptors (Lipinski definition) is 11. The van der Waals surface area contributed by atoms with E-state index in [0.29, 0.717) is 73.4 Å². The average Bonchev–Trinajstić information content (AvgIpc) is 3.64. The number of nitrogens with zero attached hydrogens (tertiary/aromatic N) is 6. The first-order valence-corrected chi connectivity index (χ1v) is 23.5. The number of amides is 4. The SMILES string of the molecule is COc1cc(N2CCC(CN3CCN(CC4CCN(c5ccc6c(c5)CN(C5CCC(=O)NC5=O)C6=O)CC4)CC3)CC2)c(F)cc1[C@@H]1N(c2cc(F)ccc2O)C(=O)C12CCOCC2. The highest BCUT2D eigenvalue weighted by molar-refractivity contribution is 6.08. The molecule has 2 atom stereocenters. The van der Waals surface area contributed by atoms with Gasteiger partial charge in [0.15, 0.2) is 0 Å². The van der Waals surface area contributed by atoms with Gasteiger partial charge >= 0.3 is 0 Å². The molecule has 4 amide bonds. The van der Waals surface area contributed by atoms with E-state index in [1.807, 2.05) is 12.1 Å². The van der Waals surface area contributed by atoms with E-state index in [4.69, 9.17) is 9.47 Å². The lowest BCUT2D eigenvalue weighted by molar-refractivity contribution is -0.149. The van der Waals surface area contributed by atoms with Gasteiger partial charge in [0, 0.05) is 121 Å². The maximum Gasteiger partial charge on any atom is 0.255 e. The Bertz CT molecular complexity index is 2340. The van der Waals surface area contributed by atoms with Gasteiger partial charge in [0.25, 0.3) is 5.91 Å². The fourth-order valence-corrected chi connectivity index (χ4v) is 11.8. The van der Waals surface area contributed by atoms with Gasteiger partial charge in [0.05, 0.1) is 29.9 Å². The van der Waals surface area contributed by atoms with Crippen LogP contribution in [0.4, 0.5) is 25.8 Å². The van der Waals surface area contributed by atoms with E-state index in [9.17, 15) is 28.7 Å². The number of piperidine rings is 3. The van der Waals surface area contributed by atoms with Crippen LogP contribution in [-0.2, 0) is 25.7 Å². The second kappa shape index (κ2) is 17.8. The Morgan fingerprint density at radius 1 is 0.785 bits per heavy atom. The van der Waals surface area contributed by atoms with Crippen LogP contribution in [0.15, 0.2) is 48.5 Å². The number of hydrogen-bond donors (Lipinski definition) is 2. The van der Waals surface area contributed by atoms with Crippen molar-refractivity contribution < 1.29 is 42.5 Å². The third-order valence-corrected chi connectivity index (χ3v) is 15.5. The van der Waals surface area contributed by atoms with Gasteiger partial charge in [-0.25, -0.2) is 8.78 Å². The van der Waals surface area contributed by atoms with Crippen LogP contribution in [-0.4, -0.2) is 135 Å². The van der Waals surface area contributed by atoms with Gasteiger partial charge in [0.2, 0.25) is 17.7 Å². The van der Waals surface area contributed by atoms with E-state index < -0.39 is 29.1 Å². The molecule has 65 heavy (non-hydrogen) atoms. The zero-order chi connectivity index (χ0) is 45.0. The fourth-order valence-electron chi connectivity index (χ4n) is 11.8. The number of carbonyl (C=O) groups excluding carboxylic acids is 4. The van der Waals surface area contributed by atoms with Crippen molar-refractivity contribution in [3.8, 4) is 11.5 Å². The van der Waals surface area contributed by atoms with Crippen molar-refractivity contribution in [1.82, 2.24) is 20.0 Å². The van der Waals surface area contributed by atoms with Crippen LogP contribution in [0.1, 0.15) is 78.9 Å². The number of methoxy groups -OCH3 is 1. The fraction of sp³-hybridized carbons (Fsp3) is 0.551. The van der Waals surface area contributed by atoms with E-state index in [1.54, 1.807) is 18.1 Å². The minimum atomic E-state index is -0.872. The van der Waals surface area contributed by atoms with Crippen molar-refractivity contribution in [2.24, 2.45) is 17.3 Å². The van der Waals surface area contributed by atoms with E-state index >= 15 is 4.39 Å². The van der Waals surface area contributed by atoms with Crippen LogP contribution in [0.25, 0.3) is 0 Å². The quantitative estimate of drug-likeness (QED) is 0.209. The molecule has 6 fully saturated rings. The largest absolute Gasteiger partial charge is 0.506 e. The normalized spacial score (nSPS) is 24.7. The molecule has 6 saturated heterocycles. The highest BCUT2D eigenvalue weighted by Gasteiger charge is 2.63. The first-order chi connectivity index (χ1) is 31.5. The molecule has 0 bridgehead atoms. The van der Waals surface area contributed by atoms with Crippen molar-refractivity contribution in [3.63, 3.8) is 0 Å². The number of anilines is 3. The van der Waals surface area contributed by atoms with Crippen molar-refractivity contribution in [2.75, 3.05) is 100 Å². The van der Waals surface area contributed by atoms with Crippen LogP contribution in [0.3, 0.4) is 0 Å². The number of piperazine rings is 1. The number of rotatable bonds is 10. The molecule has 14 nitrogen and oxygen atoms in total. The Morgan fingerprint density at radius 3 is 2.09 bits per heavy atom. The molecule has 7 aliphatic rings. The molecular formula is C49H59F2N7O7. The van der Waals surface area contributed by atoms with Gasteiger partial charge in [-0.05, 0) is 98.7 Å². The Labute approximate surface area is 378 Å². The zero-order valence-corrected chi connectivity index (χ0v) is 37.1. The van der Waals surface area contributed by atoms with Crippen molar-refractivity contribution in [1.29, 1.82) is 0 Å². The predicted octanol–water partition coefficient (Wildman–Crippen LogP) is 5.08. The summed E-state index contributed by atoms with van der Waals surface area (Å²) in [4.78, 5) is 63.9. The van der Waals surface area contributed by atoms with E-state index in [1.165, 1.54) is 17.0 Å². The number of β-lactam (4-membered cyclic amide) rings is 1. The van der Waals surface area contributed by atoms with Gasteiger partial charge in [-0.3, -0.25) is 29.4 Å². The molecule has 7 aliphatic heterocycles. The lowest BCUT2D eigenvalue weighted by atomic mass is 9.62. The number of benzene rings is 3. The number of halogens is 2. The molecule has 1 spiro atoms. The van der Waals surface area contributed by atoms with Gasteiger partial charge in [0.1, 0.15) is 29.2 Å². The predicted molar refractivity (Wildman–Crippen MR) is 239 cm³/mol. The summed E-state index contributed by atoms with van der Waals surface area (Å²) < 4.78 is 42.3. The lowest BCUT2D eigenvalue weighted by Crippen LogP contribution is -2.65. The molecule has 10 rings (SSSR count). The molecule has 16 heteroatoms. The standard InChI is InChI=1S/C49H59F2N7O7/c1-64-43-27-40(38(51)26-37(43)45-49(12-22-65-23-13-49)48(63)58(45)41-25-34(50)2-6-42(41)59)56-16-10-32(11-17-56)29-54-20-18-53(19-21-54)28-31-8-14-55(15-9-31)35-3-4-36-33(24-35)30-57(47(36)62)39-5-7-44(60)52-46(39)61/h2-4,6,24-27,31-32,39,45,59H,5,7-23,28-30H2,1H3,(H,52,60,61)/t39?,45-/m0/s1. The molecule has 3 aromatic carbocycles. The van der Waals surface area contributed by atoms with Gasteiger partial charge in [-0.2, -0.15) is 0 Å². The average molecular weight is 896 g/mol. The molecule has 346 valence electrons. The Balaban J connectivity index is 0.693. The summed E-state index contributed by atoms with van der Waals surface area (Å²) in [6, 6.07) is 11.5. The summed E-state index contributed by atoms with van der Waals surface area (Å²) in [6.07, 6.45) is 5.59. The summed E-state index contributed by atoms with van der Waals surface area (Å²) in [5, 5.41) is 13.1. The number of carbonyl (C=O) groups is 4. The van der Waals surface area contributed by atoms with Crippen molar-refractivity contribution in [3.05, 3.63) is 76.9 Å². The van der Waals surface area contributed by atoms with Crippen LogP contribution in [0.5, 0.6) is 11.5 Å².